The van der Waals surface area contributed by atoms with Gasteiger partial charge in [-0.3, -0.25) is 0 Å². The number of rotatable bonds is 3. The highest BCUT2D eigenvalue weighted by molar-refractivity contribution is 7.80. The summed E-state index contributed by atoms with van der Waals surface area (Å²) in [5, 5.41) is 0. The van der Waals surface area contributed by atoms with E-state index in [0.717, 1.165) is 5.69 Å². The first-order valence-corrected chi connectivity index (χ1v) is 3.67. The maximum absolute atomic E-state index is 11.9. The molecular formula is C7H9FN2S. The second-order valence-corrected chi connectivity index (χ2v) is 2.58. The fourth-order valence-corrected chi connectivity index (χ4v) is 1.11. The molecule has 0 radical (unpaired) electrons. The van der Waals surface area contributed by atoms with Crippen molar-refractivity contribution in [3.8, 4) is 0 Å². The summed E-state index contributed by atoms with van der Waals surface area (Å²) in [6.07, 6.45) is 1.76. The van der Waals surface area contributed by atoms with Crippen LogP contribution in [0.2, 0.25) is 0 Å². The summed E-state index contributed by atoms with van der Waals surface area (Å²) in [6, 6.07) is 3.57. The molecule has 0 aliphatic heterocycles. The van der Waals surface area contributed by atoms with Crippen molar-refractivity contribution < 1.29 is 4.39 Å². The molecule has 0 atom stereocenters. The van der Waals surface area contributed by atoms with E-state index in [-0.39, 0.29) is 0 Å². The van der Waals surface area contributed by atoms with Crippen LogP contribution in [-0.2, 0) is 6.54 Å². The minimum absolute atomic E-state index is 0.309. The minimum atomic E-state index is -0.399. The third-order valence-electron chi connectivity index (χ3n) is 1.41. The van der Waals surface area contributed by atoms with Gasteiger partial charge in [0.15, 0.2) is 0 Å². The summed E-state index contributed by atoms with van der Waals surface area (Å²) in [5.74, 6) is 0. The molecule has 1 rings (SSSR count). The van der Waals surface area contributed by atoms with Gasteiger partial charge in [0, 0.05) is 6.20 Å². The first-order chi connectivity index (χ1) is 5.25. The topological polar surface area (TPSA) is 30.9 Å². The Morgan fingerprint density at radius 1 is 1.73 bits per heavy atom. The molecule has 0 saturated carbocycles. The second-order valence-electron chi connectivity index (χ2n) is 2.14. The number of thiocarbonyl (C=S) groups is 1. The summed E-state index contributed by atoms with van der Waals surface area (Å²) < 4.78 is 13.6. The van der Waals surface area contributed by atoms with E-state index in [1.54, 1.807) is 22.9 Å². The normalized spacial score (nSPS) is 9.91. The van der Waals surface area contributed by atoms with Crippen LogP contribution in [0.15, 0.2) is 18.3 Å². The summed E-state index contributed by atoms with van der Waals surface area (Å²) in [4.78, 5) is 0.309. The van der Waals surface area contributed by atoms with Crippen molar-refractivity contribution in [1.82, 2.24) is 4.57 Å². The number of alkyl halides is 1. The molecule has 1 aromatic heterocycles. The van der Waals surface area contributed by atoms with Gasteiger partial charge in [-0.05, 0) is 12.1 Å². The Kier molecular flexibility index (Phi) is 2.59. The molecule has 0 spiro atoms. The van der Waals surface area contributed by atoms with E-state index in [9.17, 15) is 4.39 Å². The maximum atomic E-state index is 11.9. The molecule has 0 saturated heterocycles. The van der Waals surface area contributed by atoms with E-state index in [1.807, 2.05) is 0 Å². The first kappa shape index (κ1) is 8.20. The third kappa shape index (κ3) is 1.77. The van der Waals surface area contributed by atoms with Crippen LogP contribution >= 0.6 is 12.2 Å². The van der Waals surface area contributed by atoms with Gasteiger partial charge in [-0.1, -0.05) is 12.2 Å². The average molecular weight is 172 g/mol. The molecule has 4 heteroatoms. The van der Waals surface area contributed by atoms with Gasteiger partial charge in [-0.15, -0.1) is 0 Å². The van der Waals surface area contributed by atoms with E-state index in [1.165, 1.54) is 0 Å². The third-order valence-corrected chi connectivity index (χ3v) is 1.62. The van der Waals surface area contributed by atoms with Crippen molar-refractivity contribution in [1.29, 1.82) is 0 Å². The van der Waals surface area contributed by atoms with Gasteiger partial charge in [-0.25, -0.2) is 4.39 Å². The van der Waals surface area contributed by atoms with Crippen LogP contribution in [0.5, 0.6) is 0 Å². The van der Waals surface area contributed by atoms with E-state index in [0.29, 0.717) is 11.5 Å². The maximum Gasteiger partial charge on any atom is 0.120 e. The number of hydrogen-bond acceptors (Lipinski definition) is 1. The van der Waals surface area contributed by atoms with Crippen molar-refractivity contribution in [2.45, 2.75) is 6.54 Å². The molecule has 60 valence electrons. The van der Waals surface area contributed by atoms with Crippen molar-refractivity contribution in [3.63, 3.8) is 0 Å². The van der Waals surface area contributed by atoms with Crippen LogP contribution in [0, 0.1) is 0 Å². The highest BCUT2D eigenvalue weighted by Crippen LogP contribution is 2.01. The van der Waals surface area contributed by atoms with E-state index < -0.39 is 6.67 Å². The quantitative estimate of drug-likeness (QED) is 0.692. The first-order valence-electron chi connectivity index (χ1n) is 3.26. The van der Waals surface area contributed by atoms with Crippen molar-refractivity contribution in [3.05, 3.63) is 24.0 Å². The van der Waals surface area contributed by atoms with Gasteiger partial charge in [0.25, 0.3) is 0 Å². The van der Waals surface area contributed by atoms with Crippen molar-refractivity contribution in [2.75, 3.05) is 6.67 Å². The van der Waals surface area contributed by atoms with Gasteiger partial charge in [0.05, 0.1) is 12.2 Å². The monoisotopic (exact) mass is 172 g/mol. The molecule has 0 unspecified atom stereocenters. The Labute approximate surface area is 69.8 Å². The number of hydrogen-bond donors (Lipinski definition) is 1. The summed E-state index contributed by atoms with van der Waals surface area (Å²) >= 11 is 4.75. The van der Waals surface area contributed by atoms with Crippen LogP contribution in [0.3, 0.4) is 0 Å². The van der Waals surface area contributed by atoms with Gasteiger partial charge >= 0.3 is 0 Å². The number of aromatic nitrogens is 1. The second kappa shape index (κ2) is 3.48. The van der Waals surface area contributed by atoms with E-state index >= 15 is 0 Å². The highest BCUT2D eigenvalue weighted by Gasteiger charge is 2.01. The standard InChI is InChI=1S/C7H9FN2S/c8-3-5-10-4-1-2-6(10)7(9)11/h1-2,4H,3,5H2,(H2,9,11). The lowest BCUT2D eigenvalue weighted by Crippen LogP contribution is -2.15. The molecule has 1 aromatic rings. The van der Waals surface area contributed by atoms with Crippen LogP contribution in [0.4, 0.5) is 4.39 Å². The molecule has 1 heterocycles. The predicted molar refractivity (Wildman–Crippen MR) is 46.3 cm³/mol. The molecule has 0 aliphatic rings. The summed E-state index contributed by atoms with van der Waals surface area (Å²) in [6.45, 7) is -0.0794. The molecule has 2 nitrogen and oxygen atoms in total. The van der Waals surface area contributed by atoms with Crippen molar-refractivity contribution >= 4 is 17.2 Å². The minimum Gasteiger partial charge on any atom is -0.388 e. The number of halogens is 1. The molecule has 0 aliphatic carbocycles. The Bertz CT molecular complexity index is 257. The molecule has 0 amide bonds. The van der Waals surface area contributed by atoms with Crippen LogP contribution < -0.4 is 5.73 Å². The van der Waals surface area contributed by atoms with Gasteiger partial charge < -0.3 is 10.3 Å². The zero-order chi connectivity index (χ0) is 8.27. The summed E-state index contributed by atoms with van der Waals surface area (Å²) in [5.41, 5.74) is 6.10. The fraction of sp³-hybridized carbons (Fsp3) is 0.286. The Hall–Kier alpha value is -0.900. The van der Waals surface area contributed by atoms with E-state index in [4.69, 9.17) is 18.0 Å². The van der Waals surface area contributed by atoms with Crippen LogP contribution in [0.1, 0.15) is 5.69 Å². The molecule has 2 N–H and O–H groups in total. The van der Waals surface area contributed by atoms with Gasteiger partial charge in [-0.2, -0.15) is 0 Å². The smallest absolute Gasteiger partial charge is 0.120 e. The lowest BCUT2D eigenvalue weighted by molar-refractivity contribution is 0.445. The van der Waals surface area contributed by atoms with Gasteiger partial charge in [0.1, 0.15) is 11.7 Å². The average Bonchev–Trinajstić information content (AvgIpc) is 2.36. The lowest BCUT2D eigenvalue weighted by atomic mass is 10.4. The van der Waals surface area contributed by atoms with Crippen LogP contribution in [-0.4, -0.2) is 16.2 Å². The molecular weight excluding hydrogens is 163 g/mol. The zero-order valence-corrected chi connectivity index (χ0v) is 6.77. The van der Waals surface area contributed by atoms with E-state index in [2.05, 4.69) is 0 Å². The Morgan fingerprint density at radius 2 is 2.45 bits per heavy atom. The molecule has 11 heavy (non-hydrogen) atoms. The fourth-order valence-electron chi connectivity index (χ4n) is 0.924. The molecule has 0 fully saturated rings. The number of nitrogens with zero attached hydrogens (tertiary/aromatic N) is 1. The predicted octanol–water partition coefficient (Wildman–Crippen LogP) is 1.09. The Balaban J connectivity index is 2.87. The largest absolute Gasteiger partial charge is 0.388 e. The summed E-state index contributed by atoms with van der Waals surface area (Å²) in [7, 11) is 0. The number of nitrogens with two attached hydrogens (primary N) is 1. The van der Waals surface area contributed by atoms with Crippen molar-refractivity contribution in [2.24, 2.45) is 5.73 Å². The SMILES string of the molecule is NC(=S)c1cccn1CCF. The Morgan fingerprint density at radius 3 is 3.00 bits per heavy atom. The molecule has 0 bridgehead atoms. The zero-order valence-electron chi connectivity index (χ0n) is 5.96. The lowest BCUT2D eigenvalue weighted by Gasteiger charge is -2.03. The molecule has 0 aromatic carbocycles. The number of aryl methyl sites for hydroxylation is 1. The van der Waals surface area contributed by atoms with Crippen LogP contribution in [0.25, 0.3) is 0 Å². The van der Waals surface area contributed by atoms with Gasteiger partial charge in [0.2, 0.25) is 0 Å². The highest BCUT2D eigenvalue weighted by atomic mass is 32.1.